The van der Waals surface area contributed by atoms with Gasteiger partial charge in [0.1, 0.15) is 17.9 Å². The molecule has 0 aliphatic rings. The smallest absolute Gasteiger partial charge is 0.172 e. The fraction of sp³-hybridized carbons (Fsp3) is 0.111. The maximum Gasteiger partial charge on any atom is 0.172 e. The van der Waals surface area contributed by atoms with E-state index in [0.717, 1.165) is 12.1 Å². The summed E-state index contributed by atoms with van der Waals surface area (Å²) < 4.78 is 25.2. The molecule has 0 aliphatic carbocycles. The van der Waals surface area contributed by atoms with Crippen LogP contribution in [0.5, 0.6) is 0 Å². The first-order chi connectivity index (χ1) is 6.15. The highest BCUT2D eigenvalue weighted by Crippen LogP contribution is 2.10. The number of ketones is 1. The SMILES string of the molecule is O=CCC(=O)c1ccc(F)cc1F. The molecule has 0 heterocycles. The molecule has 4 heteroatoms. The van der Waals surface area contributed by atoms with Gasteiger partial charge in [-0.25, -0.2) is 8.78 Å². The highest BCUT2D eigenvalue weighted by atomic mass is 19.1. The van der Waals surface area contributed by atoms with Crippen molar-refractivity contribution in [1.29, 1.82) is 0 Å². The standard InChI is InChI=1S/C9H6F2O2/c10-6-1-2-7(8(11)5-6)9(13)3-4-12/h1-2,4-5H,3H2. The molecule has 13 heavy (non-hydrogen) atoms. The minimum absolute atomic E-state index is 0.256. The van der Waals surface area contributed by atoms with E-state index in [4.69, 9.17) is 0 Å². The van der Waals surface area contributed by atoms with Crippen molar-refractivity contribution in [2.45, 2.75) is 6.42 Å². The minimum atomic E-state index is -0.938. The summed E-state index contributed by atoms with van der Waals surface area (Å²) in [6, 6.07) is 2.61. The van der Waals surface area contributed by atoms with Crippen LogP contribution < -0.4 is 0 Å². The molecule has 0 fully saturated rings. The van der Waals surface area contributed by atoms with Gasteiger partial charge < -0.3 is 4.79 Å². The van der Waals surface area contributed by atoms with Crippen LogP contribution in [0.4, 0.5) is 8.78 Å². The Morgan fingerprint density at radius 2 is 2.08 bits per heavy atom. The Morgan fingerprint density at radius 3 is 2.62 bits per heavy atom. The quantitative estimate of drug-likeness (QED) is 0.407. The molecule has 0 amide bonds. The van der Waals surface area contributed by atoms with Crippen LogP contribution in [0.2, 0.25) is 0 Å². The third kappa shape index (κ3) is 2.18. The van der Waals surface area contributed by atoms with Gasteiger partial charge in [-0.1, -0.05) is 0 Å². The van der Waals surface area contributed by atoms with Crippen LogP contribution in [0.3, 0.4) is 0 Å². The van der Waals surface area contributed by atoms with Crippen LogP contribution in [-0.2, 0) is 4.79 Å². The summed E-state index contributed by atoms with van der Waals surface area (Å²) in [5, 5.41) is 0. The van der Waals surface area contributed by atoms with Crippen molar-refractivity contribution in [3.63, 3.8) is 0 Å². The normalized spacial score (nSPS) is 9.69. The molecule has 0 saturated carbocycles. The van der Waals surface area contributed by atoms with Gasteiger partial charge in [-0.3, -0.25) is 4.79 Å². The number of halogens is 2. The second-order valence-corrected chi connectivity index (χ2v) is 2.42. The Balaban J connectivity index is 3.01. The predicted molar refractivity (Wildman–Crippen MR) is 41.4 cm³/mol. The third-order valence-electron chi connectivity index (χ3n) is 1.50. The van der Waals surface area contributed by atoms with Gasteiger partial charge in [0.2, 0.25) is 0 Å². The summed E-state index contributed by atoms with van der Waals surface area (Å²) in [6.07, 6.45) is -0.00627. The van der Waals surface area contributed by atoms with Crippen LogP contribution >= 0.6 is 0 Å². The summed E-state index contributed by atoms with van der Waals surface area (Å²) in [5.41, 5.74) is -0.256. The summed E-state index contributed by atoms with van der Waals surface area (Å²) in [6.45, 7) is 0. The van der Waals surface area contributed by atoms with E-state index in [2.05, 4.69) is 0 Å². The van der Waals surface area contributed by atoms with Crippen molar-refractivity contribution >= 4 is 12.1 Å². The average molecular weight is 184 g/mol. The molecule has 0 radical (unpaired) electrons. The van der Waals surface area contributed by atoms with Crippen LogP contribution in [0, 0.1) is 11.6 Å². The highest BCUT2D eigenvalue weighted by Gasteiger charge is 2.11. The van der Waals surface area contributed by atoms with E-state index >= 15 is 0 Å². The lowest BCUT2D eigenvalue weighted by molar-refractivity contribution is -0.107. The molecule has 1 aromatic carbocycles. The number of rotatable bonds is 3. The maximum atomic E-state index is 12.8. The second-order valence-electron chi connectivity index (χ2n) is 2.42. The molecular formula is C9H6F2O2. The lowest BCUT2D eigenvalue weighted by atomic mass is 10.1. The number of Topliss-reactive ketones (excluding diaryl/α,β-unsaturated/α-hetero) is 1. The molecule has 0 bridgehead atoms. The van der Waals surface area contributed by atoms with Crippen LogP contribution in [0.1, 0.15) is 16.8 Å². The molecule has 0 N–H and O–H groups in total. The number of aldehydes is 1. The zero-order valence-electron chi connectivity index (χ0n) is 6.59. The minimum Gasteiger partial charge on any atom is -0.303 e. The maximum absolute atomic E-state index is 12.8. The lowest BCUT2D eigenvalue weighted by Crippen LogP contribution is -2.03. The monoisotopic (exact) mass is 184 g/mol. The van der Waals surface area contributed by atoms with Gasteiger partial charge in [0.25, 0.3) is 0 Å². The number of carbonyl (C=O) groups is 2. The van der Waals surface area contributed by atoms with Crippen LogP contribution in [0.25, 0.3) is 0 Å². The molecule has 1 rings (SSSR count). The van der Waals surface area contributed by atoms with Crippen LogP contribution in [-0.4, -0.2) is 12.1 Å². The highest BCUT2D eigenvalue weighted by molar-refractivity contribution is 6.02. The second kappa shape index (κ2) is 3.89. The Labute approximate surface area is 73.2 Å². The molecule has 1 aromatic rings. The van der Waals surface area contributed by atoms with Crippen molar-refractivity contribution < 1.29 is 18.4 Å². The molecule has 0 aliphatic heterocycles. The summed E-state index contributed by atoms with van der Waals surface area (Å²) in [4.78, 5) is 20.9. The van der Waals surface area contributed by atoms with Crippen molar-refractivity contribution in [1.82, 2.24) is 0 Å². The fourth-order valence-electron chi connectivity index (χ4n) is 0.901. The Morgan fingerprint density at radius 1 is 1.38 bits per heavy atom. The first kappa shape index (κ1) is 9.51. The predicted octanol–water partition coefficient (Wildman–Crippen LogP) is 1.74. The van der Waals surface area contributed by atoms with Gasteiger partial charge in [-0.05, 0) is 12.1 Å². The number of benzene rings is 1. The zero-order valence-corrected chi connectivity index (χ0v) is 6.59. The summed E-state index contributed by atoms with van der Waals surface area (Å²) in [5.74, 6) is -2.33. The van der Waals surface area contributed by atoms with E-state index in [1.54, 1.807) is 0 Å². The molecule has 0 aromatic heterocycles. The fourth-order valence-corrected chi connectivity index (χ4v) is 0.901. The van der Waals surface area contributed by atoms with E-state index in [1.165, 1.54) is 0 Å². The molecular weight excluding hydrogens is 178 g/mol. The zero-order chi connectivity index (χ0) is 9.84. The third-order valence-corrected chi connectivity index (χ3v) is 1.50. The van der Waals surface area contributed by atoms with Gasteiger partial charge in [-0.2, -0.15) is 0 Å². The number of hydrogen-bond donors (Lipinski definition) is 0. The number of carbonyl (C=O) groups excluding carboxylic acids is 2. The Kier molecular flexibility index (Phi) is 2.84. The van der Waals surface area contributed by atoms with E-state index in [1.807, 2.05) is 0 Å². The molecule has 0 unspecified atom stereocenters. The van der Waals surface area contributed by atoms with E-state index in [9.17, 15) is 18.4 Å². The van der Waals surface area contributed by atoms with Gasteiger partial charge in [-0.15, -0.1) is 0 Å². The Bertz CT molecular complexity index is 347. The largest absolute Gasteiger partial charge is 0.303 e. The molecule has 2 nitrogen and oxygen atoms in total. The first-order valence-corrected chi connectivity index (χ1v) is 3.57. The van der Waals surface area contributed by atoms with E-state index in [-0.39, 0.29) is 12.0 Å². The molecule has 0 atom stereocenters. The van der Waals surface area contributed by atoms with E-state index in [0.29, 0.717) is 12.4 Å². The first-order valence-electron chi connectivity index (χ1n) is 3.57. The average Bonchev–Trinajstić information content (AvgIpc) is 2.04. The van der Waals surface area contributed by atoms with Crippen molar-refractivity contribution in [3.8, 4) is 0 Å². The van der Waals surface area contributed by atoms with Gasteiger partial charge in [0.15, 0.2) is 5.78 Å². The van der Waals surface area contributed by atoms with Crippen molar-refractivity contribution in [3.05, 3.63) is 35.4 Å². The molecule has 0 saturated heterocycles. The topological polar surface area (TPSA) is 34.1 Å². The van der Waals surface area contributed by atoms with Crippen LogP contribution in [0.15, 0.2) is 18.2 Å². The molecule has 0 spiro atoms. The van der Waals surface area contributed by atoms with E-state index < -0.39 is 17.4 Å². The van der Waals surface area contributed by atoms with Gasteiger partial charge >= 0.3 is 0 Å². The van der Waals surface area contributed by atoms with Crippen molar-refractivity contribution in [2.75, 3.05) is 0 Å². The molecule has 68 valence electrons. The van der Waals surface area contributed by atoms with Crippen molar-refractivity contribution in [2.24, 2.45) is 0 Å². The summed E-state index contributed by atoms with van der Waals surface area (Å²) in [7, 11) is 0. The lowest BCUT2D eigenvalue weighted by Gasteiger charge is -1.98. The summed E-state index contributed by atoms with van der Waals surface area (Å²) >= 11 is 0. The Hall–Kier alpha value is -1.58. The number of hydrogen-bond acceptors (Lipinski definition) is 2. The van der Waals surface area contributed by atoms with Gasteiger partial charge in [0.05, 0.1) is 12.0 Å². The van der Waals surface area contributed by atoms with Gasteiger partial charge in [0, 0.05) is 6.07 Å².